The Morgan fingerprint density at radius 1 is 1.67 bits per heavy atom. The van der Waals surface area contributed by atoms with Crippen LogP contribution in [0.2, 0.25) is 0 Å². The van der Waals surface area contributed by atoms with Crippen molar-refractivity contribution in [2.45, 2.75) is 13.5 Å². The summed E-state index contributed by atoms with van der Waals surface area (Å²) in [7, 11) is 0. The van der Waals surface area contributed by atoms with Gasteiger partial charge >= 0.3 is 0 Å². The Balaban J connectivity index is 3.02. The van der Waals surface area contributed by atoms with Crippen molar-refractivity contribution in [1.29, 1.82) is 0 Å². The first-order chi connectivity index (χ1) is 5.79. The molecule has 4 nitrogen and oxygen atoms in total. The van der Waals surface area contributed by atoms with E-state index in [1.165, 1.54) is 6.20 Å². The number of aromatic nitrogens is 1. The third kappa shape index (κ3) is 1.65. The minimum absolute atomic E-state index is 0.283. The molecular formula is C8H11N2O2. The molecule has 1 rings (SSSR count). The topological polar surface area (TPSA) is 68.0 Å². The van der Waals surface area contributed by atoms with Gasteiger partial charge in [0, 0.05) is 11.8 Å². The second-order valence-electron chi connectivity index (χ2n) is 2.26. The van der Waals surface area contributed by atoms with Crippen molar-refractivity contribution in [3.05, 3.63) is 17.8 Å². The van der Waals surface area contributed by atoms with E-state index in [9.17, 15) is 5.11 Å². The Bertz CT molecular complexity index is 263. The monoisotopic (exact) mass is 167 g/mol. The lowest BCUT2D eigenvalue weighted by molar-refractivity contribution is 0.173. The average molecular weight is 167 g/mol. The highest BCUT2D eigenvalue weighted by molar-refractivity contribution is 5.50. The van der Waals surface area contributed by atoms with Crippen LogP contribution < -0.4 is 10.5 Å². The number of nitrogens with two attached hydrogens (primary N) is 1. The number of nitrogen functional groups attached to an aromatic ring is 1. The van der Waals surface area contributed by atoms with Crippen molar-refractivity contribution in [1.82, 2.24) is 4.98 Å². The van der Waals surface area contributed by atoms with E-state index in [1.54, 1.807) is 6.07 Å². The largest absolute Gasteiger partial charge is 0.490 e. The number of hydrogen-bond donors (Lipinski definition) is 1. The highest BCUT2D eigenvalue weighted by atomic mass is 16.5. The van der Waals surface area contributed by atoms with Crippen LogP contribution in [-0.4, -0.2) is 11.6 Å². The zero-order valence-electron chi connectivity index (χ0n) is 6.91. The Labute approximate surface area is 71.0 Å². The highest BCUT2D eigenvalue weighted by Crippen LogP contribution is 2.23. The van der Waals surface area contributed by atoms with Crippen molar-refractivity contribution in [2.75, 3.05) is 12.3 Å². The zero-order chi connectivity index (χ0) is 8.97. The lowest BCUT2D eigenvalue weighted by Crippen LogP contribution is -2.02. The Morgan fingerprint density at radius 3 is 3.00 bits per heavy atom. The summed E-state index contributed by atoms with van der Waals surface area (Å²) in [5.41, 5.74) is 6.07. The minimum atomic E-state index is -0.331. The van der Waals surface area contributed by atoms with Crippen molar-refractivity contribution < 1.29 is 9.84 Å². The Hall–Kier alpha value is -1.29. The summed E-state index contributed by atoms with van der Waals surface area (Å²) < 4.78 is 5.17. The van der Waals surface area contributed by atoms with Gasteiger partial charge in [-0.3, -0.25) is 0 Å². The molecule has 65 valence electrons. The third-order valence-corrected chi connectivity index (χ3v) is 1.46. The molecule has 0 aliphatic heterocycles. The molecule has 1 radical (unpaired) electrons. The zero-order valence-corrected chi connectivity index (χ0v) is 6.91. The molecule has 0 aliphatic carbocycles. The van der Waals surface area contributed by atoms with E-state index < -0.39 is 0 Å². The van der Waals surface area contributed by atoms with Gasteiger partial charge < -0.3 is 10.5 Å². The first-order valence-corrected chi connectivity index (χ1v) is 3.73. The van der Waals surface area contributed by atoms with Gasteiger partial charge in [0.25, 0.3) is 0 Å². The lowest BCUT2D eigenvalue weighted by atomic mass is 10.2. The lowest BCUT2D eigenvalue weighted by Gasteiger charge is -2.08. The first-order valence-electron chi connectivity index (χ1n) is 3.73. The fraction of sp³-hybridized carbons (Fsp3) is 0.375. The summed E-state index contributed by atoms with van der Waals surface area (Å²) >= 11 is 0. The van der Waals surface area contributed by atoms with Gasteiger partial charge in [0.05, 0.1) is 6.61 Å². The molecule has 0 spiro atoms. The van der Waals surface area contributed by atoms with Crippen LogP contribution in [0.25, 0.3) is 0 Å². The van der Waals surface area contributed by atoms with Crippen molar-refractivity contribution >= 4 is 5.82 Å². The van der Waals surface area contributed by atoms with E-state index in [1.807, 2.05) is 6.92 Å². The molecule has 0 unspecified atom stereocenters. The molecule has 0 fully saturated rings. The van der Waals surface area contributed by atoms with Crippen LogP contribution in [0.5, 0.6) is 5.75 Å². The van der Waals surface area contributed by atoms with Crippen molar-refractivity contribution in [3.8, 4) is 5.75 Å². The third-order valence-electron chi connectivity index (χ3n) is 1.46. The molecule has 4 heteroatoms. The average Bonchev–Trinajstić information content (AvgIpc) is 2.09. The van der Waals surface area contributed by atoms with Gasteiger partial charge in [-0.15, -0.1) is 0 Å². The highest BCUT2D eigenvalue weighted by Gasteiger charge is 2.06. The predicted molar refractivity (Wildman–Crippen MR) is 44.2 cm³/mol. The van der Waals surface area contributed by atoms with Gasteiger partial charge in [-0.2, -0.15) is 0 Å². The molecule has 0 amide bonds. The number of anilines is 1. The summed E-state index contributed by atoms with van der Waals surface area (Å²) in [4.78, 5) is 3.82. The second-order valence-corrected chi connectivity index (χ2v) is 2.26. The molecule has 2 N–H and O–H groups in total. The normalized spacial score (nSPS) is 9.83. The SMILES string of the molecule is CCOc1c(C[O])ccnc1N. The maximum absolute atomic E-state index is 10.6. The summed E-state index contributed by atoms with van der Waals surface area (Å²) in [6, 6.07) is 1.62. The maximum Gasteiger partial charge on any atom is 0.166 e. The van der Waals surface area contributed by atoms with Crippen molar-refractivity contribution in [3.63, 3.8) is 0 Å². The number of rotatable bonds is 3. The number of nitrogens with zero attached hydrogens (tertiary/aromatic N) is 1. The smallest absolute Gasteiger partial charge is 0.166 e. The number of hydrogen-bond acceptors (Lipinski definition) is 3. The molecule has 0 saturated carbocycles. The predicted octanol–water partition coefficient (Wildman–Crippen LogP) is 0.993. The first kappa shape index (κ1) is 8.80. The number of ether oxygens (including phenoxy) is 1. The van der Waals surface area contributed by atoms with E-state index in [-0.39, 0.29) is 12.4 Å². The fourth-order valence-corrected chi connectivity index (χ4v) is 0.931. The summed E-state index contributed by atoms with van der Waals surface area (Å²) in [6.07, 6.45) is 1.51. The quantitative estimate of drug-likeness (QED) is 0.729. The van der Waals surface area contributed by atoms with Gasteiger partial charge in [0.2, 0.25) is 0 Å². The van der Waals surface area contributed by atoms with Crippen LogP contribution >= 0.6 is 0 Å². The van der Waals surface area contributed by atoms with Crippen LogP contribution in [0.15, 0.2) is 12.3 Å². The van der Waals surface area contributed by atoms with E-state index in [4.69, 9.17) is 10.5 Å². The molecule has 0 aromatic carbocycles. The molecule has 0 saturated heterocycles. The molecule has 12 heavy (non-hydrogen) atoms. The van der Waals surface area contributed by atoms with Crippen LogP contribution in [0.3, 0.4) is 0 Å². The second kappa shape index (κ2) is 3.92. The van der Waals surface area contributed by atoms with Crippen LogP contribution in [0.1, 0.15) is 12.5 Å². The van der Waals surface area contributed by atoms with Crippen molar-refractivity contribution in [2.24, 2.45) is 0 Å². The summed E-state index contributed by atoms with van der Waals surface area (Å²) in [5.74, 6) is 0.709. The van der Waals surface area contributed by atoms with Gasteiger partial charge in [-0.1, -0.05) is 0 Å². The van der Waals surface area contributed by atoms with Gasteiger partial charge in [-0.25, -0.2) is 10.1 Å². The molecule has 1 aromatic heterocycles. The van der Waals surface area contributed by atoms with Gasteiger partial charge in [0.15, 0.2) is 11.6 Å². The standard InChI is InChI=1S/C8H11N2O2/c1-2-12-7-6(5-11)3-4-10-8(7)9/h3-4H,2,5H2,1H3,(H2,9,10). The summed E-state index contributed by atoms with van der Waals surface area (Å²) in [6.45, 7) is 1.99. The van der Waals surface area contributed by atoms with Crippen LogP contribution in [0, 0.1) is 0 Å². The molecular weight excluding hydrogens is 156 g/mol. The van der Waals surface area contributed by atoms with E-state index in [2.05, 4.69) is 4.98 Å². The molecule has 0 atom stereocenters. The Kier molecular flexibility index (Phi) is 2.88. The molecule has 0 bridgehead atoms. The van der Waals surface area contributed by atoms with Gasteiger partial charge in [-0.05, 0) is 13.0 Å². The minimum Gasteiger partial charge on any atom is -0.490 e. The molecule has 1 aromatic rings. The summed E-state index contributed by atoms with van der Waals surface area (Å²) in [5, 5.41) is 10.6. The van der Waals surface area contributed by atoms with E-state index in [0.29, 0.717) is 17.9 Å². The van der Waals surface area contributed by atoms with E-state index >= 15 is 0 Å². The number of pyridine rings is 1. The fourth-order valence-electron chi connectivity index (χ4n) is 0.931. The van der Waals surface area contributed by atoms with Gasteiger partial charge in [0.1, 0.15) is 6.61 Å². The van der Waals surface area contributed by atoms with E-state index in [0.717, 1.165) is 0 Å². The Morgan fingerprint density at radius 2 is 2.42 bits per heavy atom. The van der Waals surface area contributed by atoms with Crippen LogP contribution in [-0.2, 0) is 11.7 Å². The van der Waals surface area contributed by atoms with Crippen LogP contribution in [0.4, 0.5) is 5.82 Å². The maximum atomic E-state index is 10.6. The molecule has 1 heterocycles. The molecule has 0 aliphatic rings.